The third-order valence-corrected chi connectivity index (χ3v) is 2.02. The third kappa shape index (κ3) is 2.81. The summed E-state index contributed by atoms with van der Waals surface area (Å²) < 4.78 is 18.1. The van der Waals surface area contributed by atoms with Crippen LogP contribution in [0.1, 0.15) is 16.3 Å². The normalized spacial score (nSPS) is 10.2. The summed E-state index contributed by atoms with van der Waals surface area (Å²) in [5.74, 6) is -1.31. The van der Waals surface area contributed by atoms with Gasteiger partial charge in [0.2, 0.25) is 5.82 Å². The van der Waals surface area contributed by atoms with Gasteiger partial charge in [0.15, 0.2) is 0 Å². The first-order valence-corrected chi connectivity index (χ1v) is 4.80. The van der Waals surface area contributed by atoms with Crippen molar-refractivity contribution in [2.45, 2.75) is 6.61 Å². The number of aromatic nitrogens is 2. The van der Waals surface area contributed by atoms with Gasteiger partial charge in [-0.25, -0.2) is 14.2 Å². The van der Waals surface area contributed by atoms with E-state index < -0.39 is 11.8 Å². The van der Waals surface area contributed by atoms with Gasteiger partial charge in [-0.2, -0.15) is 0 Å². The van der Waals surface area contributed by atoms with E-state index in [0.29, 0.717) is 11.4 Å². The topological polar surface area (TPSA) is 75.2 Å². The Bertz CT molecular complexity index is 539. The highest BCUT2D eigenvalue weighted by Crippen LogP contribution is 2.13. The molecule has 6 heteroatoms. The number of H-pyrrole nitrogens is 1. The lowest BCUT2D eigenvalue weighted by atomic mass is 10.3. The number of benzene rings is 1. The molecule has 0 amide bonds. The molecule has 0 unspecified atom stereocenters. The first-order valence-electron chi connectivity index (χ1n) is 4.80. The van der Waals surface area contributed by atoms with Gasteiger partial charge < -0.3 is 14.8 Å². The van der Waals surface area contributed by atoms with Gasteiger partial charge in [0.25, 0.3) is 0 Å². The van der Waals surface area contributed by atoms with Crippen LogP contribution in [-0.2, 0) is 6.61 Å². The number of carboxylic acid groups (broad SMARTS) is 1. The molecule has 1 heterocycles. The molecular formula is C11H9FN2O3. The van der Waals surface area contributed by atoms with E-state index in [0.717, 1.165) is 0 Å². The van der Waals surface area contributed by atoms with Crippen molar-refractivity contribution in [2.24, 2.45) is 0 Å². The second kappa shape index (κ2) is 4.65. The molecule has 2 N–H and O–H groups in total. The molecule has 0 fully saturated rings. The van der Waals surface area contributed by atoms with Crippen molar-refractivity contribution >= 4 is 5.97 Å². The van der Waals surface area contributed by atoms with E-state index in [1.165, 1.54) is 24.4 Å². The van der Waals surface area contributed by atoms with E-state index in [1.54, 1.807) is 6.07 Å². The van der Waals surface area contributed by atoms with Crippen LogP contribution in [0.3, 0.4) is 0 Å². The molecule has 0 atom stereocenters. The van der Waals surface area contributed by atoms with E-state index >= 15 is 0 Å². The zero-order valence-corrected chi connectivity index (χ0v) is 8.68. The van der Waals surface area contributed by atoms with E-state index in [1.807, 2.05) is 0 Å². The van der Waals surface area contributed by atoms with E-state index in [4.69, 9.17) is 9.84 Å². The molecule has 0 aliphatic heterocycles. The number of aromatic amines is 1. The SMILES string of the molecule is O=C(O)c1ncc(COc2cccc(F)c2)[nH]1. The van der Waals surface area contributed by atoms with Gasteiger partial charge in [0.05, 0.1) is 11.9 Å². The number of hydrogen-bond donors (Lipinski definition) is 2. The van der Waals surface area contributed by atoms with Crippen molar-refractivity contribution in [3.8, 4) is 5.75 Å². The average Bonchev–Trinajstić information content (AvgIpc) is 2.75. The molecule has 2 aromatic rings. The van der Waals surface area contributed by atoms with Gasteiger partial charge in [-0.05, 0) is 12.1 Å². The fraction of sp³-hybridized carbons (Fsp3) is 0.0909. The second-order valence-corrected chi connectivity index (χ2v) is 3.31. The number of imidazole rings is 1. The minimum atomic E-state index is -1.14. The zero-order chi connectivity index (χ0) is 12.3. The molecule has 0 saturated carbocycles. The van der Waals surface area contributed by atoms with Gasteiger partial charge in [0, 0.05) is 6.07 Å². The Kier molecular flexibility index (Phi) is 3.04. The zero-order valence-electron chi connectivity index (χ0n) is 8.68. The number of ether oxygens (including phenoxy) is 1. The Labute approximate surface area is 95.9 Å². The van der Waals surface area contributed by atoms with E-state index in [2.05, 4.69) is 9.97 Å². The molecule has 0 radical (unpaired) electrons. The molecule has 0 saturated heterocycles. The number of hydrogen-bond acceptors (Lipinski definition) is 3. The number of nitrogens with zero attached hydrogens (tertiary/aromatic N) is 1. The Morgan fingerprint density at radius 3 is 3.00 bits per heavy atom. The molecule has 5 nitrogen and oxygen atoms in total. The summed E-state index contributed by atoms with van der Waals surface area (Å²) >= 11 is 0. The number of carbonyl (C=O) groups is 1. The van der Waals surface area contributed by atoms with Crippen LogP contribution in [0.15, 0.2) is 30.5 Å². The van der Waals surface area contributed by atoms with Crippen molar-refractivity contribution < 1.29 is 19.0 Å². The van der Waals surface area contributed by atoms with Crippen molar-refractivity contribution in [1.82, 2.24) is 9.97 Å². The van der Waals surface area contributed by atoms with Crippen molar-refractivity contribution in [2.75, 3.05) is 0 Å². The monoisotopic (exact) mass is 236 g/mol. The number of aromatic carboxylic acids is 1. The lowest BCUT2D eigenvalue weighted by Gasteiger charge is -2.03. The van der Waals surface area contributed by atoms with Crippen LogP contribution in [0, 0.1) is 5.82 Å². The minimum absolute atomic E-state index is 0.101. The highest BCUT2D eigenvalue weighted by molar-refractivity contribution is 5.83. The van der Waals surface area contributed by atoms with Crippen LogP contribution in [-0.4, -0.2) is 21.0 Å². The van der Waals surface area contributed by atoms with Crippen molar-refractivity contribution in [1.29, 1.82) is 0 Å². The number of rotatable bonds is 4. The molecule has 0 bridgehead atoms. The van der Waals surface area contributed by atoms with Crippen LogP contribution >= 0.6 is 0 Å². The van der Waals surface area contributed by atoms with Gasteiger partial charge >= 0.3 is 5.97 Å². The molecule has 1 aromatic heterocycles. The summed E-state index contributed by atoms with van der Waals surface area (Å²) in [6, 6.07) is 5.69. The summed E-state index contributed by atoms with van der Waals surface area (Å²) in [6.07, 6.45) is 1.36. The minimum Gasteiger partial charge on any atom is -0.487 e. The molecule has 2 rings (SSSR count). The Morgan fingerprint density at radius 2 is 2.35 bits per heavy atom. The first kappa shape index (κ1) is 11.1. The lowest BCUT2D eigenvalue weighted by Crippen LogP contribution is -2.00. The number of halogens is 1. The summed E-state index contributed by atoms with van der Waals surface area (Å²) in [7, 11) is 0. The Balaban J connectivity index is 2.00. The maximum atomic E-state index is 12.8. The third-order valence-electron chi connectivity index (χ3n) is 2.02. The van der Waals surface area contributed by atoms with Gasteiger partial charge in [-0.3, -0.25) is 0 Å². The maximum absolute atomic E-state index is 12.8. The van der Waals surface area contributed by atoms with Crippen LogP contribution in [0.25, 0.3) is 0 Å². The van der Waals surface area contributed by atoms with Gasteiger partial charge in [-0.15, -0.1) is 0 Å². The quantitative estimate of drug-likeness (QED) is 0.849. The molecule has 0 spiro atoms. The smallest absolute Gasteiger partial charge is 0.371 e. The van der Waals surface area contributed by atoms with Crippen LogP contribution in [0.5, 0.6) is 5.75 Å². The van der Waals surface area contributed by atoms with Gasteiger partial charge in [0.1, 0.15) is 18.2 Å². The Hall–Kier alpha value is -2.37. The number of carboxylic acids is 1. The predicted molar refractivity (Wildman–Crippen MR) is 56.3 cm³/mol. The second-order valence-electron chi connectivity index (χ2n) is 3.31. The van der Waals surface area contributed by atoms with E-state index in [9.17, 15) is 9.18 Å². The summed E-state index contributed by atoms with van der Waals surface area (Å²) in [6.45, 7) is 0.101. The first-order chi connectivity index (χ1) is 8.15. The highest BCUT2D eigenvalue weighted by Gasteiger charge is 2.07. The Morgan fingerprint density at radius 1 is 1.53 bits per heavy atom. The number of nitrogens with one attached hydrogen (secondary N) is 1. The predicted octanol–water partition coefficient (Wildman–Crippen LogP) is 1.83. The van der Waals surface area contributed by atoms with Crippen LogP contribution in [0.2, 0.25) is 0 Å². The fourth-order valence-electron chi connectivity index (χ4n) is 1.26. The van der Waals surface area contributed by atoms with Gasteiger partial charge in [-0.1, -0.05) is 6.07 Å². The molecular weight excluding hydrogens is 227 g/mol. The van der Waals surface area contributed by atoms with Crippen molar-refractivity contribution in [3.05, 3.63) is 47.8 Å². The largest absolute Gasteiger partial charge is 0.487 e. The summed E-state index contributed by atoms with van der Waals surface area (Å²) in [4.78, 5) is 16.8. The summed E-state index contributed by atoms with van der Waals surface area (Å²) in [5.41, 5.74) is 0.506. The fourth-order valence-corrected chi connectivity index (χ4v) is 1.26. The maximum Gasteiger partial charge on any atom is 0.371 e. The van der Waals surface area contributed by atoms with Crippen LogP contribution < -0.4 is 4.74 Å². The van der Waals surface area contributed by atoms with Crippen molar-refractivity contribution in [3.63, 3.8) is 0 Å². The lowest BCUT2D eigenvalue weighted by molar-refractivity contribution is 0.0684. The molecule has 0 aliphatic rings. The standard InChI is InChI=1S/C11H9FN2O3/c12-7-2-1-3-9(4-7)17-6-8-5-13-10(14-8)11(15)16/h1-5H,6H2,(H,13,14)(H,15,16). The molecule has 1 aromatic carbocycles. The molecule has 0 aliphatic carbocycles. The van der Waals surface area contributed by atoms with Crippen LogP contribution in [0.4, 0.5) is 4.39 Å². The highest BCUT2D eigenvalue weighted by atomic mass is 19.1. The van der Waals surface area contributed by atoms with E-state index in [-0.39, 0.29) is 12.4 Å². The molecule has 88 valence electrons. The molecule has 17 heavy (non-hydrogen) atoms. The summed E-state index contributed by atoms with van der Waals surface area (Å²) in [5, 5.41) is 8.64. The average molecular weight is 236 g/mol.